The van der Waals surface area contributed by atoms with Crippen LogP contribution in [0.5, 0.6) is 5.75 Å². The van der Waals surface area contributed by atoms with E-state index in [1.54, 1.807) is 61.5 Å². The maximum absolute atomic E-state index is 13.1. The first kappa shape index (κ1) is 24.4. The van der Waals surface area contributed by atoms with Gasteiger partial charge >= 0.3 is 165 Å². The van der Waals surface area contributed by atoms with Crippen molar-refractivity contribution >= 4 is 45.0 Å². The summed E-state index contributed by atoms with van der Waals surface area (Å²) < 4.78 is 8.11. The summed E-state index contributed by atoms with van der Waals surface area (Å²) in [5.74, 6) is 0.583. The second-order valence-corrected chi connectivity index (χ2v) is 26.0. The Kier molecular flexibility index (Phi) is 7.66. The third kappa shape index (κ3) is 5.84. The molecule has 0 spiro atoms. The Morgan fingerprint density at radius 2 is 1.74 bits per heavy atom. The number of carbonyl (C=O) groups excluding carboxylic acids is 2. The van der Waals surface area contributed by atoms with Gasteiger partial charge in [-0.05, 0) is 0 Å². The number of hydrogen-bond donors (Lipinski definition) is 3. The van der Waals surface area contributed by atoms with Gasteiger partial charge in [0.05, 0.1) is 0 Å². The molecular formula is C24H24I2N5O3-. The van der Waals surface area contributed by atoms with Crippen molar-refractivity contribution in [3.05, 3.63) is 81.1 Å². The molecule has 0 saturated carbocycles. The van der Waals surface area contributed by atoms with E-state index in [9.17, 15) is 9.59 Å². The first-order chi connectivity index (χ1) is 16.4. The number of benzene rings is 2. The molecule has 3 aromatic rings. The van der Waals surface area contributed by atoms with Crippen LogP contribution in [-0.2, 0) is 0 Å². The zero-order valence-corrected chi connectivity index (χ0v) is 23.2. The zero-order valence-electron chi connectivity index (χ0n) is 18.9. The van der Waals surface area contributed by atoms with Crippen molar-refractivity contribution < 1.29 is 31.6 Å². The average molecular weight is 684 g/mol. The number of aromatic nitrogens is 1. The maximum atomic E-state index is 13.1. The molecule has 34 heavy (non-hydrogen) atoms. The second-order valence-electron chi connectivity index (χ2n) is 7.51. The number of nitrogens with zero attached hydrogens (tertiary/aromatic N) is 2. The van der Waals surface area contributed by atoms with Crippen LogP contribution in [0.15, 0.2) is 60.8 Å². The van der Waals surface area contributed by atoms with Crippen LogP contribution in [0.25, 0.3) is 0 Å². The van der Waals surface area contributed by atoms with Gasteiger partial charge in [-0.15, -0.1) is 0 Å². The topological polar surface area (TPSA) is 107 Å². The van der Waals surface area contributed by atoms with Crippen LogP contribution in [-0.4, -0.2) is 51.2 Å². The number of methoxy groups -OCH3 is 1. The standard InChI is InChI=1S/C24H24I2N5O3/c1-31(2)22(27)15-4-6-16(7-5-15)23(32)29-20-10-9-18(34-3)12-19(20)24(33)30-21-11-8-17(13-28-21)26-14-25-26/h4-13,27H,14H2,1-3H3,(H,29,32)(H,28,30,33)/q-1. The Hall–Kier alpha value is -2.74. The molecule has 1 aliphatic heterocycles. The number of hydrogen-bond acceptors (Lipinski definition) is 5. The number of alkyl halides is 2. The van der Waals surface area contributed by atoms with E-state index >= 15 is 0 Å². The Labute approximate surface area is 211 Å². The quantitative estimate of drug-likeness (QED) is 0.150. The van der Waals surface area contributed by atoms with Crippen LogP contribution in [0.1, 0.15) is 26.3 Å². The summed E-state index contributed by atoms with van der Waals surface area (Å²) in [5, 5.41) is 13.7. The van der Waals surface area contributed by atoms with Crippen LogP contribution in [0, 0.1) is 8.98 Å². The van der Waals surface area contributed by atoms with E-state index in [-0.39, 0.29) is 17.4 Å². The van der Waals surface area contributed by atoms with Crippen LogP contribution >= 0.6 is 15.8 Å². The number of nitrogens with one attached hydrogen (secondary N) is 3. The summed E-state index contributed by atoms with van der Waals surface area (Å²) in [4.78, 5) is 32.0. The van der Waals surface area contributed by atoms with E-state index in [1.165, 1.54) is 13.1 Å². The van der Waals surface area contributed by atoms with Gasteiger partial charge in [0.1, 0.15) is 5.84 Å². The number of halogens is 2. The monoisotopic (exact) mass is 684 g/mol. The van der Waals surface area contributed by atoms with Gasteiger partial charge in [-0.2, -0.15) is 0 Å². The van der Waals surface area contributed by atoms with Crippen molar-refractivity contribution in [2.75, 3.05) is 34.3 Å². The van der Waals surface area contributed by atoms with Crippen molar-refractivity contribution in [3.8, 4) is 5.75 Å². The number of rotatable bonds is 7. The number of ether oxygens (including phenoxy) is 1. The van der Waals surface area contributed by atoms with Crippen molar-refractivity contribution in [3.63, 3.8) is 0 Å². The van der Waals surface area contributed by atoms with Gasteiger partial charge in [-0.25, -0.2) is 0 Å². The van der Waals surface area contributed by atoms with E-state index in [2.05, 4.69) is 21.7 Å². The fourth-order valence-corrected chi connectivity index (χ4v) is 16.6. The first-order valence-corrected chi connectivity index (χ1v) is 20.7. The molecule has 2 amide bonds. The fraction of sp³-hybridized carbons (Fsp3) is 0.167. The first-order valence-electron chi connectivity index (χ1n) is 10.2. The van der Waals surface area contributed by atoms with Gasteiger partial charge in [0.25, 0.3) is 0 Å². The molecule has 2 heterocycles. The van der Waals surface area contributed by atoms with Gasteiger partial charge < -0.3 is 4.90 Å². The molecule has 1 saturated heterocycles. The average Bonchev–Trinajstić information content (AvgIpc) is 3.70. The molecule has 1 aromatic heterocycles. The minimum absolute atomic E-state index is 0.271. The van der Waals surface area contributed by atoms with E-state index in [4.69, 9.17) is 10.1 Å². The van der Waals surface area contributed by atoms with Crippen LogP contribution in [0.4, 0.5) is 11.5 Å². The number of amides is 2. The molecule has 4 rings (SSSR count). The summed E-state index contributed by atoms with van der Waals surface area (Å²) in [6, 6.07) is 15.6. The molecule has 8 nitrogen and oxygen atoms in total. The van der Waals surface area contributed by atoms with Crippen molar-refractivity contribution in [2.45, 2.75) is 0 Å². The predicted octanol–water partition coefficient (Wildman–Crippen LogP) is 1.13. The molecule has 2 aromatic carbocycles. The Morgan fingerprint density at radius 3 is 2.32 bits per heavy atom. The van der Waals surface area contributed by atoms with Gasteiger partial charge in [-0.1, -0.05) is 12.1 Å². The molecule has 178 valence electrons. The normalized spacial score (nSPS) is 13.3. The summed E-state index contributed by atoms with van der Waals surface area (Å²) in [7, 11) is 5.10. The minimum atomic E-state index is -0.786. The Bertz CT molecular complexity index is 1230. The molecular weight excluding hydrogens is 660 g/mol. The summed E-state index contributed by atoms with van der Waals surface area (Å²) in [6.45, 7) is 0. The van der Waals surface area contributed by atoms with Crippen LogP contribution < -0.4 is 32.6 Å². The second kappa shape index (κ2) is 10.7. The SMILES string of the molecule is COc1ccc(NC(=O)c2ccc(C(=N)N(C)C)cc2)c(C(=O)Nc2ccc(I3C[I-]3)cn2)c1. The van der Waals surface area contributed by atoms with Crippen LogP contribution in [0.2, 0.25) is 0 Å². The zero-order chi connectivity index (χ0) is 24.2. The summed E-state index contributed by atoms with van der Waals surface area (Å²) in [6.07, 6.45) is 1.89. The molecule has 0 aliphatic carbocycles. The summed E-state index contributed by atoms with van der Waals surface area (Å²) >= 11 is -0.339. The molecule has 0 radical (unpaired) electrons. The molecule has 0 atom stereocenters. The van der Waals surface area contributed by atoms with E-state index in [1.807, 2.05) is 12.3 Å². The van der Waals surface area contributed by atoms with E-state index < -0.39 is 15.8 Å². The van der Waals surface area contributed by atoms with Crippen molar-refractivity contribution in [1.82, 2.24) is 9.88 Å². The predicted molar refractivity (Wildman–Crippen MR) is 138 cm³/mol. The van der Waals surface area contributed by atoms with Crippen molar-refractivity contribution in [1.29, 1.82) is 5.41 Å². The Balaban J connectivity index is 1.52. The summed E-state index contributed by atoms with van der Waals surface area (Å²) in [5.41, 5.74) is 1.76. The molecule has 0 bridgehead atoms. The molecule has 10 heteroatoms. The number of anilines is 2. The van der Waals surface area contributed by atoms with Gasteiger partial charge in [0.2, 0.25) is 0 Å². The number of pyridine rings is 1. The fourth-order valence-electron chi connectivity index (χ4n) is 3.07. The molecule has 1 aliphatic rings. The number of carbonyl (C=O) groups is 2. The molecule has 3 N–H and O–H groups in total. The molecule has 0 unspecified atom stereocenters. The third-order valence-corrected chi connectivity index (χ3v) is 19.0. The van der Waals surface area contributed by atoms with Crippen molar-refractivity contribution in [2.24, 2.45) is 0 Å². The Morgan fingerprint density at radius 1 is 1.03 bits per heavy atom. The third-order valence-electron chi connectivity index (χ3n) is 5.00. The van der Waals surface area contributed by atoms with Gasteiger partial charge in [0.15, 0.2) is 0 Å². The van der Waals surface area contributed by atoms with Crippen LogP contribution in [0.3, 0.4) is 0 Å². The van der Waals surface area contributed by atoms with Gasteiger partial charge in [0, 0.05) is 19.7 Å². The number of amidine groups is 1. The van der Waals surface area contributed by atoms with E-state index in [0.717, 1.165) is 0 Å². The van der Waals surface area contributed by atoms with E-state index in [0.29, 0.717) is 51.4 Å². The van der Waals surface area contributed by atoms with Gasteiger partial charge in [-0.3, -0.25) is 5.41 Å². The molecule has 1 fully saturated rings.